The van der Waals surface area contributed by atoms with E-state index in [0.29, 0.717) is 5.41 Å². The van der Waals surface area contributed by atoms with Gasteiger partial charge < -0.3 is 20.1 Å². The number of ether oxygens (including phenoxy) is 2. The third kappa shape index (κ3) is 6.37. The Morgan fingerprint density at radius 3 is 2.19 bits per heavy atom. The van der Waals surface area contributed by atoms with Gasteiger partial charge in [0.05, 0.1) is 13.2 Å². The molecule has 0 radical (unpaired) electrons. The first-order chi connectivity index (χ1) is 15.7. The summed E-state index contributed by atoms with van der Waals surface area (Å²) < 4.78 is 11.3. The summed E-state index contributed by atoms with van der Waals surface area (Å²) in [6, 6.07) is 0. The first-order valence-electron chi connectivity index (χ1n) is 13.4. The van der Waals surface area contributed by atoms with E-state index in [1.54, 1.807) is 0 Å². The van der Waals surface area contributed by atoms with Gasteiger partial charge in [-0.25, -0.2) is 0 Å². The van der Waals surface area contributed by atoms with Crippen molar-refractivity contribution in [2.24, 2.45) is 10.4 Å². The summed E-state index contributed by atoms with van der Waals surface area (Å²) in [5.74, 6) is 1.00. The molecule has 4 rings (SSSR count). The number of morpholine rings is 1. The van der Waals surface area contributed by atoms with Crippen molar-refractivity contribution < 1.29 is 9.47 Å². The van der Waals surface area contributed by atoms with E-state index < -0.39 is 0 Å². The fourth-order valence-electron chi connectivity index (χ4n) is 6.29. The van der Waals surface area contributed by atoms with Crippen LogP contribution in [0.4, 0.5) is 0 Å². The molecule has 3 saturated heterocycles. The number of rotatable bonds is 8. The van der Waals surface area contributed by atoms with Gasteiger partial charge in [-0.1, -0.05) is 19.3 Å². The van der Waals surface area contributed by atoms with Crippen molar-refractivity contribution in [3.63, 3.8) is 0 Å². The van der Waals surface area contributed by atoms with Crippen molar-refractivity contribution in [3.05, 3.63) is 0 Å². The molecule has 0 amide bonds. The molecular weight excluding hydrogens is 402 g/mol. The molecule has 0 aromatic carbocycles. The van der Waals surface area contributed by atoms with E-state index in [9.17, 15) is 0 Å². The summed E-state index contributed by atoms with van der Waals surface area (Å²) >= 11 is 0. The molecule has 1 saturated carbocycles. The predicted octanol–water partition coefficient (Wildman–Crippen LogP) is 2.47. The Kier molecular flexibility index (Phi) is 9.09. The Morgan fingerprint density at radius 1 is 0.812 bits per heavy atom. The zero-order chi connectivity index (χ0) is 22.1. The summed E-state index contributed by atoms with van der Waals surface area (Å²) in [5, 5.41) is 7.32. The van der Waals surface area contributed by atoms with E-state index in [-0.39, 0.29) is 5.54 Å². The predicted molar refractivity (Wildman–Crippen MR) is 130 cm³/mol. The van der Waals surface area contributed by atoms with Crippen LogP contribution in [0, 0.1) is 5.41 Å². The summed E-state index contributed by atoms with van der Waals surface area (Å²) in [6.45, 7) is 14.3. The van der Waals surface area contributed by atoms with Crippen LogP contribution in [0.1, 0.15) is 64.7 Å². The van der Waals surface area contributed by atoms with E-state index in [1.165, 1.54) is 64.6 Å². The highest BCUT2D eigenvalue weighted by Crippen LogP contribution is 2.38. The smallest absolute Gasteiger partial charge is 0.191 e. The lowest BCUT2D eigenvalue weighted by Crippen LogP contribution is -2.58. The average molecular weight is 450 g/mol. The molecule has 3 heterocycles. The van der Waals surface area contributed by atoms with Gasteiger partial charge in [0.1, 0.15) is 0 Å². The third-order valence-electron chi connectivity index (χ3n) is 8.28. The summed E-state index contributed by atoms with van der Waals surface area (Å²) in [6.07, 6.45) is 11.6. The van der Waals surface area contributed by atoms with Crippen molar-refractivity contribution in [2.45, 2.75) is 70.3 Å². The molecule has 0 spiro atoms. The van der Waals surface area contributed by atoms with Crippen LogP contribution in [0.15, 0.2) is 4.99 Å². The second-order valence-electron chi connectivity index (χ2n) is 10.5. The lowest BCUT2D eigenvalue weighted by atomic mass is 9.73. The maximum atomic E-state index is 5.74. The Labute approximate surface area is 195 Å². The Balaban J connectivity index is 1.41. The van der Waals surface area contributed by atoms with Crippen LogP contribution in [-0.2, 0) is 9.47 Å². The number of nitrogens with zero attached hydrogens (tertiary/aromatic N) is 3. The van der Waals surface area contributed by atoms with E-state index in [1.807, 2.05) is 0 Å². The molecule has 4 fully saturated rings. The van der Waals surface area contributed by atoms with Gasteiger partial charge in [-0.3, -0.25) is 14.8 Å². The molecule has 7 nitrogen and oxygen atoms in total. The molecule has 3 aliphatic heterocycles. The Bertz CT molecular complexity index is 575. The average Bonchev–Trinajstić information content (AvgIpc) is 3.39. The van der Waals surface area contributed by atoms with Gasteiger partial charge >= 0.3 is 0 Å². The first-order valence-corrected chi connectivity index (χ1v) is 13.4. The second kappa shape index (κ2) is 12.0. The maximum Gasteiger partial charge on any atom is 0.191 e. The Morgan fingerprint density at radius 2 is 1.50 bits per heavy atom. The maximum absolute atomic E-state index is 5.74. The van der Waals surface area contributed by atoms with E-state index in [2.05, 4.69) is 27.4 Å². The number of nitrogens with one attached hydrogen (secondary N) is 2. The van der Waals surface area contributed by atoms with Crippen LogP contribution < -0.4 is 10.6 Å². The lowest BCUT2D eigenvalue weighted by Gasteiger charge is -2.45. The minimum absolute atomic E-state index is 0.223. The topological polar surface area (TPSA) is 61.4 Å². The van der Waals surface area contributed by atoms with Gasteiger partial charge in [0.25, 0.3) is 0 Å². The molecule has 1 aliphatic carbocycles. The monoisotopic (exact) mass is 449 g/mol. The fraction of sp³-hybridized carbons (Fsp3) is 0.960. The fourth-order valence-corrected chi connectivity index (χ4v) is 6.29. The van der Waals surface area contributed by atoms with Crippen molar-refractivity contribution in [3.8, 4) is 0 Å². The van der Waals surface area contributed by atoms with Crippen LogP contribution in [0.25, 0.3) is 0 Å². The zero-order valence-electron chi connectivity index (χ0n) is 20.5. The van der Waals surface area contributed by atoms with Crippen LogP contribution in [0.2, 0.25) is 0 Å². The zero-order valence-corrected chi connectivity index (χ0v) is 20.5. The van der Waals surface area contributed by atoms with Gasteiger partial charge in [0, 0.05) is 63.4 Å². The van der Waals surface area contributed by atoms with Gasteiger partial charge in [0.2, 0.25) is 0 Å². The quantitative estimate of drug-likeness (QED) is 0.439. The third-order valence-corrected chi connectivity index (χ3v) is 8.28. The number of aliphatic imine (C=N–C) groups is 1. The Hall–Kier alpha value is -0.890. The largest absolute Gasteiger partial charge is 0.381 e. The molecule has 0 bridgehead atoms. The van der Waals surface area contributed by atoms with E-state index >= 15 is 0 Å². The van der Waals surface area contributed by atoms with E-state index in [4.69, 9.17) is 14.5 Å². The number of likely N-dealkylation sites (tertiary alicyclic amines) is 1. The first kappa shape index (κ1) is 24.2. The van der Waals surface area contributed by atoms with Crippen molar-refractivity contribution in [2.75, 3.05) is 78.8 Å². The molecule has 32 heavy (non-hydrogen) atoms. The molecule has 0 unspecified atom stereocenters. The summed E-state index contributed by atoms with van der Waals surface area (Å²) in [5.41, 5.74) is 0.546. The highest BCUT2D eigenvalue weighted by molar-refractivity contribution is 5.79. The highest BCUT2D eigenvalue weighted by Gasteiger charge is 2.40. The molecule has 2 N–H and O–H groups in total. The standard InChI is InChI=1S/C25H47N5O2/c1-2-26-23(28-21-25(10-16-31-17-11-25)30-12-6-7-13-30)27-20-24(8-4-3-5-9-24)22-29-14-18-32-19-15-29/h2-22H2,1H3,(H2,26,27,28). The normalized spacial score (nSPS) is 27.3. The number of guanidine groups is 1. The van der Waals surface area contributed by atoms with Crippen LogP contribution in [0.3, 0.4) is 0 Å². The molecule has 0 aromatic heterocycles. The summed E-state index contributed by atoms with van der Waals surface area (Å²) in [7, 11) is 0. The van der Waals surface area contributed by atoms with Crippen LogP contribution in [0.5, 0.6) is 0 Å². The highest BCUT2D eigenvalue weighted by atomic mass is 16.5. The molecule has 7 heteroatoms. The lowest BCUT2D eigenvalue weighted by molar-refractivity contribution is -0.0164. The SMILES string of the molecule is CCNC(=NCC1(CN2CCOCC2)CCCCC1)NCC1(N2CCCC2)CCOCC1. The molecule has 0 aromatic rings. The van der Waals surface area contributed by atoms with Gasteiger partial charge in [-0.15, -0.1) is 0 Å². The number of hydrogen-bond donors (Lipinski definition) is 2. The molecule has 0 atom stereocenters. The number of hydrogen-bond acceptors (Lipinski definition) is 5. The molecule has 4 aliphatic rings. The van der Waals surface area contributed by atoms with E-state index in [0.717, 1.165) is 78.0 Å². The van der Waals surface area contributed by atoms with Crippen molar-refractivity contribution in [1.82, 2.24) is 20.4 Å². The molecule has 184 valence electrons. The minimum Gasteiger partial charge on any atom is -0.381 e. The van der Waals surface area contributed by atoms with Gasteiger partial charge in [0.15, 0.2) is 5.96 Å². The van der Waals surface area contributed by atoms with Crippen molar-refractivity contribution >= 4 is 5.96 Å². The van der Waals surface area contributed by atoms with Gasteiger partial charge in [-0.05, 0) is 58.5 Å². The molecular formula is C25H47N5O2. The summed E-state index contributed by atoms with van der Waals surface area (Å²) in [4.78, 5) is 10.6. The van der Waals surface area contributed by atoms with Crippen LogP contribution in [-0.4, -0.2) is 100 Å². The van der Waals surface area contributed by atoms with Gasteiger partial charge in [-0.2, -0.15) is 0 Å². The minimum atomic E-state index is 0.223. The van der Waals surface area contributed by atoms with Crippen molar-refractivity contribution in [1.29, 1.82) is 0 Å². The van der Waals surface area contributed by atoms with Crippen LogP contribution >= 0.6 is 0 Å². The second-order valence-corrected chi connectivity index (χ2v) is 10.5.